The minimum absolute atomic E-state index is 0.0329. The maximum Gasteiger partial charge on any atom is 0.238 e. The lowest BCUT2D eigenvalue weighted by Crippen LogP contribution is -2.38. The lowest BCUT2D eigenvalue weighted by Gasteiger charge is -2.23. The Bertz CT molecular complexity index is 1030. The van der Waals surface area contributed by atoms with Crippen molar-refractivity contribution in [3.05, 3.63) is 54.1 Å². The first-order valence-electron chi connectivity index (χ1n) is 10.3. The third kappa shape index (κ3) is 5.84. The highest BCUT2D eigenvalue weighted by Gasteiger charge is 2.26. The molecule has 0 saturated carbocycles. The van der Waals surface area contributed by atoms with Crippen molar-refractivity contribution in [3.8, 4) is 0 Å². The zero-order valence-electron chi connectivity index (χ0n) is 17.4. The number of hydrogen-bond acceptors (Lipinski definition) is 6. The van der Waals surface area contributed by atoms with Gasteiger partial charge in [-0.25, -0.2) is 4.98 Å². The lowest BCUT2D eigenvalue weighted by molar-refractivity contribution is -0.116. The predicted octanol–water partition coefficient (Wildman–Crippen LogP) is 4.49. The molecule has 1 aliphatic heterocycles. The second kappa shape index (κ2) is 10.3. The van der Waals surface area contributed by atoms with Crippen LogP contribution in [-0.4, -0.2) is 47.6 Å². The van der Waals surface area contributed by atoms with E-state index in [0.29, 0.717) is 11.7 Å². The molecule has 1 atom stereocenters. The highest BCUT2D eigenvalue weighted by Crippen LogP contribution is 2.30. The van der Waals surface area contributed by atoms with Gasteiger partial charge in [0.2, 0.25) is 11.8 Å². The minimum atomic E-state index is -0.117. The maximum absolute atomic E-state index is 13.1. The van der Waals surface area contributed by atoms with E-state index in [0.717, 1.165) is 40.9 Å². The normalized spacial score (nSPS) is 15.8. The molecular weight excluding hydrogens is 430 g/mol. The van der Waals surface area contributed by atoms with Crippen LogP contribution >= 0.6 is 23.1 Å². The van der Waals surface area contributed by atoms with E-state index in [-0.39, 0.29) is 29.4 Å². The van der Waals surface area contributed by atoms with Gasteiger partial charge >= 0.3 is 0 Å². The van der Waals surface area contributed by atoms with Gasteiger partial charge in [0, 0.05) is 12.3 Å². The summed E-state index contributed by atoms with van der Waals surface area (Å²) in [5, 5.41) is 3.57. The minimum Gasteiger partial charge on any atom is -0.376 e. The van der Waals surface area contributed by atoms with Crippen molar-refractivity contribution >= 4 is 55.9 Å². The number of rotatable bonds is 8. The summed E-state index contributed by atoms with van der Waals surface area (Å²) >= 11 is 2.82. The summed E-state index contributed by atoms with van der Waals surface area (Å²) in [6.45, 7) is 3.21. The molecule has 4 rings (SSSR count). The highest BCUT2D eigenvalue weighted by molar-refractivity contribution is 8.00. The second-order valence-electron chi connectivity index (χ2n) is 7.51. The van der Waals surface area contributed by atoms with Crippen molar-refractivity contribution in [2.45, 2.75) is 25.9 Å². The van der Waals surface area contributed by atoms with Crippen molar-refractivity contribution in [1.82, 2.24) is 4.98 Å². The molecule has 1 saturated heterocycles. The third-order valence-corrected chi connectivity index (χ3v) is 6.96. The van der Waals surface area contributed by atoms with E-state index in [4.69, 9.17) is 4.74 Å². The summed E-state index contributed by atoms with van der Waals surface area (Å²) in [6, 6.07) is 15.5. The SMILES string of the molecule is Cc1cccc(NC(=O)CSCC(=O)N(CC2CCCO2)c2nc3ccccc3s2)c1. The Hall–Kier alpha value is -2.42. The topological polar surface area (TPSA) is 71.5 Å². The van der Waals surface area contributed by atoms with Crippen molar-refractivity contribution in [1.29, 1.82) is 0 Å². The number of thiazole rings is 1. The van der Waals surface area contributed by atoms with Gasteiger partial charge in [-0.1, -0.05) is 35.6 Å². The van der Waals surface area contributed by atoms with Crippen LogP contribution in [-0.2, 0) is 14.3 Å². The van der Waals surface area contributed by atoms with Gasteiger partial charge in [0.05, 0.1) is 34.4 Å². The van der Waals surface area contributed by atoms with Gasteiger partial charge in [-0.15, -0.1) is 11.8 Å². The summed E-state index contributed by atoms with van der Waals surface area (Å²) in [6.07, 6.45) is 1.99. The molecule has 1 aliphatic rings. The smallest absolute Gasteiger partial charge is 0.238 e. The predicted molar refractivity (Wildman–Crippen MR) is 128 cm³/mol. The van der Waals surface area contributed by atoms with Gasteiger partial charge in [-0.3, -0.25) is 14.5 Å². The van der Waals surface area contributed by atoms with Gasteiger partial charge in [-0.05, 0) is 49.6 Å². The van der Waals surface area contributed by atoms with Crippen LogP contribution in [0.5, 0.6) is 0 Å². The molecule has 1 aromatic heterocycles. The van der Waals surface area contributed by atoms with Crippen molar-refractivity contribution in [2.24, 2.45) is 0 Å². The molecule has 1 unspecified atom stereocenters. The van der Waals surface area contributed by atoms with E-state index in [1.165, 1.54) is 23.1 Å². The van der Waals surface area contributed by atoms with Crippen LogP contribution in [0, 0.1) is 6.92 Å². The van der Waals surface area contributed by atoms with Crippen LogP contribution in [0.25, 0.3) is 10.2 Å². The van der Waals surface area contributed by atoms with E-state index in [9.17, 15) is 9.59 Å². The summed E-state index contributed by atoms with van der Waals surface area (Å²) in [5.74, 6) is 0.258. The number of nitrogens with zero attached hydrogens (tertiary/aromatic N) is 2. The quantitative estimate of drug-likeness (QED) is 0.542. The number of carbonyl (C=O) groups excluding carboxylic acids is 2. The number of aryl methyl sites for hydroxylation is 1. The Labute approximate surface area is 190 Å². The maximum atomic E-state index is 13.1. The van der Waals surface area contributed by atoms with Crippen LogP contribution < -0.4 is 10.2 Å². The Morgan fingerprint density at radius 2 is 2.10 bits per heavy atom. The molecule has 31 heavy (non-hydrogen) atoms. The van der Waals surface area contributed by atoms with Crippen LogP contribution in [0.4, 0.5) is 10.8 Å². The molecule has 2 heterocycles. The number of amides is 2. The second-order valence-corrected chi connectivity index (χ2v) is 9.51. The lowest BCUT2D eigenvalue weighted by atomic mass is 10.2. The summed E-state index contributed by atoms with van der Waals surface area (Å²) in [5.41, 5.74) is 2.74. The number of hydrogen-bond donors (Lipinski definition) is 1. The Morgan fingerprint density at radius 1 is 1.23 bits per heavy atom. The zero-order valence-corrected chi connectivity index (χ0v) is 19.0. The van der Waals surface area contributed by atoms with Gasteiger partial charge < -0.3 is 10.1 Å². The molecule has 0 radical (unpaired) electrons. The molecule has 162 valence electrons. The largest absolute Gasteiger partial charge is 0.376 e. The number of ether oxygens (including phenoxy) is 1. The standard InChI is InChI=1S/C23H25N3O3S2/c1-16-6-4-7-17(12-16)24-21(27)14-30-15-22(28)26(13-18-8-5-11-29-18)23-25-19-9-2-3-10-20(19)31-23/h2-4,6-7,9-10,12,18H,5,8,11,13-15H2,1H3,(H,24,27). The number of benzene rings is 2. The van der Waals surface area contributed by atoms with Crippen LogP contribution in [0.3, 0.4) is 0 Å². The van der Waals surface area contributed by atoms with E-state index >= 15 is 0 Å². The Balaban J connectivity index is 1.37. The fraction of sp³-hybridized carbons (Fsp3) is 0.348. The highest BCUT2D eigenvalue weighted by atomic mass is 32.2. The van der Waals surface area contributed by atoms with Gasteiger partial charge in [-0.2, -0.15) is 0 Å². The molecule has 1 N–H and O–H groups in total. The molecule has 0 aliphatic carbocycles. The number of para-hydroxylation sites is 1. The van der Waals surface area contributed by atoms with Crippen molar-refractivity contribution in [3.63, 3.8) is 0 Å². The first kappa shape index (κ1) is 21.8. The van der Waals surface area contributed by atoms with E-state index in [1.807, 2.05) is 55.5 Å². The fourth-order valence-electron chi connectivity index (χ4n) is 3.48. The van der Waals surface area contributed by atoms with Crippen molar-refractivity contribution in [2.75, 3.05) is 34.9 Å². The van der Waals surface area contributed by atoms with Crippen LogP contribution in [0.1, 0.15) is 18.4 Å². The molecule has 2 amide bonds. The van der Waals surface area contributed by atoms with Gasteiger partial charge in [0.15, 0.2) is 5.13 Å². The molecular formula is C23H25N3O3S2. The summed E-state index contributed by atoms with van der Waals surface area (Å²) in [4.78, 5) is 31.7. The van der Waals surface area contributed by atoms with E-state index in [1.54, 1.807) is 4.90 Å². The molecule has 1 fully saturated rings. The first-order chi connectivity index (χ1) is 15.1. The van der Waals surface area contributed by atoms with E-state index in [2.05, 4.69) is 10.3 Å². The number of fused-ring (bicyclic) bond motifs is 1. The van der Waals surface area contributed by atoms with Gasteiger partial charge in [0.25, 0.3) is 0 Å². The Morgan fingerprint density at radius 3 is 2.87 bits per heavy atom. The average molecular weight is 456 g/mol. The number of nitrogens with one attached hydrogen (secondary N) is 1. The molecule has 2 aromatic carbocycles. The number of anilines is 2. The summed E-state index contributed by atoms with van der Waals surface area (Å²) in [7, 11) is 0. The molecule has 6 nitrogen and oxygen atoms in total. The van der Waals surface area contributed by atoms with Gasteiger partial charge in [0.1, 0.15) is 0 Å². The zero-order chi connectivity index (χ0) is 21.6. The monoisotopic (exact) mass is 455 g/mol. The molecule has 0 spiro atoms. The average Bonchev–Trinajstić information content (AvgIpc) is 3.41. The number of thioether (sulfide) groups is 1. The van der Waals surface area contributed by atoms with Crippen LogP contribution in [0.15, 0.2) is 48.5 Å². The van der Waals surface area contributed by atoms with Crippen molar-refractivity contribution < 1.29 is 14.3 Å². The number of aromatic nitrogens is 1. The molecule has 3 aromatic rings. The summed E-state index contributed by atoms with van der Waals surface area (Å²) < 4.78 is 6.81. The van der Waals surface area contributed by atoms with E-state index < -0.39 is 0 Å². The number of carbonyl (C=O) groups is 2. The Kier molecular flexibility index (Phi) is 7.21. The van der Waals surface area contributed by atoms with Crippen LogP contribution in [0.2, 0.25) is 0 Å². The molecule has 8 heteroatoms. The third-order valence-electron chi connectivity index (χ3n) is 4.99. The molecule has 0 bridgehead atoms. The first-order valence-corrected chi connectivity index (χ1v) is 12.3. The fourth-order valence-corrected chi connectivity index (χ4v) is 5.17.